The molecular weight excluding hydrogens is 560 g/mol. The van der Waals surface area contributed by atoms with Gasteiger partial charge in [-0.05, 0) is 73.0 Å². The molecule has 2 aromatic carbocycles. The molecule has 0 spiro atoms. The molecule has 2 atom stereocenters. The smallest absolute Gasteiger partial charge is 0.408 e. The number of aromatic amines is 1. The zero-order valence-corrected chi connectivity index (χ0v) is 24.7. The average molecular weight is 601 g/mol. The van der Waals surface area contributed by atoms with Crippen molar-refractivity contribution in [1.29, 1.82) is 0 Å². The Balaban J connectivity index is 1.15. The highest BCUT2D eigenvalue weighted by Gasteiger charge is 2.50. The molecule has 10 heteroatoms. The zero-order valence-electron chi connectivity index (χ0n) is 24.7. The van der Waals surface area contributed by atoms with Crippen molar-refractivity contribution in [3.8, 4) is 0 Å². The Morgan fingerprint density at radius 2 is 1.55 bits per heavy atom. The number of amides is 3. The van der Waals surface area contributed by atoms with Crippen LogP contribution >= 0.6 is 0 Å². The molecule has 232 valence electrons. The summed E-state index contributed by atoms with van der Waals surface area (Å²) in [6.07, 6.45) is 6.71. The number of ether oxygens (including phenoxy) is 1. The SMILES string of the molecule is O=C(O)CCC(=O)NC(CNC(=O)[C@@H](Cc1c[nH]c2ccccc12)NC(=O)OC1C2CC3CC(C2)CC1C3)c1ccccc1. The molecule has 3 aromatic rings. The van der Waals surface area contributed by atoms with Crippen LogP contribution in [-0.4, -0.2) is 52.7 Å². The third-order valence-corrected chi connectivity index (χ3v) is 9.67. The average Bonchev–Trinajstić information content (AvgIpc) is 3.42. The van der Waals surface area contributed by atoms with E-state index >= 15 is 0 Å². The molecule has 0 radical (unpaired) electrons. The summed E-state index contributed by atoms with van der Waals surface area (Å²) in [7, 11) is 0. The maximum Gasteiger partial charge on any atom is 0.408 e. The van der Waals surface area contributed by atoms with E-state index in [0.717, 1.165) is 59.5 Å². The van der Waals surface area contributed by atoms with Crippen molar-refractivity contribution in [2.45, 2.75) is 69.6 Å². The van der Waals surface area contributed by atoms with Gasteiger partial charge >= 0.3 is 12.1 Å². The lowest BCUT2D eigenvalue weighted by Gasteiger charge is -2.53. The largest absolute Gasteiger partial charge is 0.481 e. The van der Waals surface area contributed by atoms with Gasteiger partial charge in [0, 0.05) is 36.5 Å². The minimum absolute atomic E-state index is 0.0539. The first-order chi connectivity index (χ1) is 21.3. The number of rotatable bonds is 12. The standard InChI is InChI=1S/C34H40N4O6/c39-30(10-11-31(40)41)37-29(22-6-2-1-3-7-22)19-36-33(42)28(17-25-18-35-27-9-5-4-8-26(25)27)38-34(43)44-32-23-13-20-12-21(15-23)16-24(32)14-20/h1-9,18,20-21,23-24,28-29,32,35H,10-17,19H2,(H,36,42)(H,37,39)(H,38,43)(H,40,41)/t20?,21?,23?,24?,28-,29?,32?/m1/s1. The van der Waals surface area contributed by atoms with Gasteiger partial charge in [-0.15, -0.1) is 0 Å². The van der Waals surface area contributed by atoms with E-state index in [-0.39, 0.29) is 31.9 Å². The van der Waals surface area contributed by atoms with Gasteiger partial charge < -0.3 is 30.8 Å². The summed E-state index contributed by atoms with van der Waals surface area (Å²) in [5, 5.41) is 18.6. The van der Waals surface area contributed by atoms with Crippen LogP contribution in [0.25, 0.3) is 10.9 Å². The quantitative estimate of drug-likeness (QED) is 0.207. The van der Waals surface area contributed by atoms with Gasteiger partial charge in [0.1, 0.15) is 12.1 Å². The molecule has 0 saturated heterocycles. The maximum atomic E-state index is 13.7. The molecule has 10 nitrogen and oxygen atoms in total. The number of hydrogen-bond acceptors (Lipinski definition) is 5. The van der Waals surface area contributed by atoms with Crippen LogP contribution in [0.4, 0.5) is 4.79 Å². The number of benzene rings is 2. The molecule has 1 aromatic heterocycles. The second-order valence-corrected chi connectivity index (χ2v) is 12.7. The highest BCUT2D eigenvalue weighted by molar-refractivity contribution is 5.88. The van der Waals surface area contributed by atoms with Gasteiger partial charge in [-0.3, -0.25) is 14.4 Å². The number of para-hydroxylation sites is 1. The van der Waals surface area contributed by atoms with E-state index in [9.17, 15) is 19.2 Å². The molecule has 7 rings (SSSR count). The van der Waals surface area contributed by atoms with Gasteiger partial charge in [0.25, 0.3) is 0 Å². The highest BCUT2D eigenvalue weighted by atomic mass is 16.6. The van der Waals surface area contributed by atoms with Crippen LogP contribution in [0.2, 0.25) is 0 Å². The lowest BCUT2D eigenvalue weighted by atomic mass is 9.55. The molecule has 4 aliphatic rings. The minimum atomic E-state index is -1.06. The molecule has 4 aliphatic carbocycles. The van der Waals surface area contributed by atoms with E-state index in [4.69, 9.17) is 9.84 Å². The third kappa shape index (κ3) is 6.90. The molecule has 0 aliphatic heterocycles. The number of fused-ring (bicyclic) bond motifs is 1. The number of aliphatic carboxylic acids is 1. The Morgan fingerprint density at radius 1 is 0.864 bits per heavy atom. The van der Waals surface area contributed by atoms with E-state index < -0.39 is 36.0 Å². The first-order valence-electron chi connectivity index (χ1n) is 15.7. The summed E-state index contributed by atoms with van der Waals surface area (Å²) in [4.78, 5) is 53.8. The number of carboxylic acid groups (broad SMARTS) is 1. The van der Waals surface area contributed by atoms with E-state index in [1.165, 1.54) is 6.42 Å². The van der Waals surface area contributed by atoms with Crippen molar-refractivity contribution in [2.24, 2.45) is 23.7 Å². The molecule has 3 amide bonds. The normalized spacial score (nSPS) is 24.8. The van der Waals surface area contributed by atoms with Gasteiger partial charge in [0.05, 0.1) is 12.5 Å². The van der Waals surface area contributed by atoms with Gasteiger partial charge in [-0.25, -0.2) is 4.79 Å². The summed E-state index contributed by atoms with van der Waals surface area (Å²) in [6.45, 7) is 0.0539. The number of hydrogen-bond donors (Lipinski definition) is 5. The number of nitrogens with one attached hydrogen (secondary N) is 4. The topological polar surface area (TPSA) is 150 Å². The molecule has 1 unspecified atom stereocenters. The number of aromatic nitrogens is 1. The van der Waals surface area contributed by atoms with E-state index in [1.54, 1.807) is 0 Å². The van der Waals surface area contributed by atoms with Crippen LogP contribution in [0.3, 0.4) is 0 Å². The first-order valence-corrected chi connectivity index (χ1v) is 15.7. The zero-order chi connectivity index (χ0) is 30.6. The maximum absolute atomic E-state index is 13.7. The second kappa shape index (κ2) is 13.1. The van der Waals surface area contributed by atoms with Gasteiger partial charge in [0.2, 0.25) is 11.8 Å². The van der Waals surface area contributed by atoms with Gasteiger partial charge in [-0.1, -0.05) is 48.5 Å². The number of carbonyl (C=O) groups excluding carboxylic acids is 3. The predicted octanol–water partition coefficient (Wildman–Crippen LogP) is 4.47. The van der Waals surface area contributed by atoms with Crippen molar-refractivity contribution in [3.63, 3.8) is 0 Å². The first kappa shape index (κ1) is 29.7. The van der Waals surface area contributed by atoms with Crippen molar-refractivity contribution in [1.82, 2.24) is 20.9 Å². The van der Waals surface area contributed by atoms with Crippen LogP contribution in [0.5, 0.6) is 0 Å². The van der Waals surface area contributed by atoms with Crippen molar-refractivity contribution >= 4 is 34.8 Å². The fourth-order valence-corrected chi connectivity index (χ4v) is 7.85. The van der Waals surface area contributed by atoms with E-state index in [0.29, 0.717) is 11.8 Å². The van der Waals surface area contributed by atoms with E-state index in [1.807, 2.05) is 60.8 Å². The lowest BCUT2D eigenvalue weighted by Crippen LogP contribution is -2.53. The summed E-state index contributed by atoms with van der Waals surface area (Å²) < 4.78 is 6.07. The molecule has 5 N–H and O–H groups in total. The van der Waals surface area contributed by atoms with Crippen molar-refractivity contribution in [3.05, 3.63) is 71.9 Å². The molecule has 1 heterocycles. The van der Waals surface area contributed by atoms with E-state index in [2.05, 4.69) is 20.9 Å². The summed E-state index contributed by atoms with van der Waals surface area (Å²) in [5.74, 6) is 0.409. The number of alkyl carbamates (subject to hydrolysis) is 1. The second-order valence-electron chi connectivity index (χ2n) is 12.7. The van der Waals surface area contributed by atoms with Crippen LogP contribution < -0.4 is 16.0 Å². The summed E-state index contributed by atoms with van der Waals surface area (Å²) in [5.41, 5.74) is 2.59. The summed E-state index contributed by atoms with van der Waals surface area (Å²) in [6, 6.07) is 15.5. The van der Waals surface area contributed by atoms with Crippen molar-refractivity contribution in [2.75, 3.05) is 6.54 Å². The molecule has 4 saturated carbocycles. The molecular formula is C34H40N4O6. The Labute approximate surface area is 256 Å². The van der Waals surface area contributed by atoms with Crippen LogP contribution in [0, 0.1) is 23.7 Å². The van der Waals surface area contributed by atoms with Crippen LogP contribution in [0.1, 0.15) is 62.1 Å². The van der Waals surface area contributed by atoms with Crippen LogP contribution in [-0.2, 0) is 25.5 Å². The lowest BCUT2D eigenvalue weighted by molar-refractivity contribution is -0.138. The highest BCUT2D eigenvalue weighted by Crippen LogP contribution is 2.54. The number of H-pyrrole nitrogens is 1. The number of carboxylic acids is 1. The summed E-state index contributed by atoms with van der Waals surface area (Å²) >= 11 is 0. The van der Waals surface area contributed by atoms with Gasteiger partial charge in [-0.2, -0.15) is 0 Å². The Hall–Kier alpha value is -4.34. The predicted molar refractivity (Wildman–Crippen MR) is 163 cm³/mol. The fourth-order valence-electron chi connectivity index (χ4n) is 7.85. The van der Waals surface area contributed by atoms with Crippen molar-refractivity contribution < 1.29 is 29.0 Å². The monoisotopic (exact) mass is 600 g/mol. The molecule has 44 heavy (non-hydrogen) atoms. The number of carbonyl (C=O) groups is 4. The molecule has 4 fully saturated rings. The fraction of sp³-hybridized carbons (Fsp3) is 0.471. The van der Waals surface area contributed by atoms with Gasteiger partial charge in [0.15, 0.2) is 0 Å². The Bertz CT molecular complexity index is 1480. The van der Waals surface area contributed by atoms with Crippen LogP contribution in [0.15, 0.2) is 60.8 Å². The Kier molecular flexibility index (Phi) is 8.86. The molecule has 4 bridgehead atoms. The minimum Gasteiger partial charge on any atom is -0.481 e. The Morgan fingerprint density at radius 3 is 2.25 bits per heavy atom. The third-order valence-electron chi connectivity index (χ3n) is 9.67.